The first-order valence-corrected chi connectivity index (χ1v) is 8.46. The number of nitrogens with zero attached hydrogens (tertiary/aromatic N) is 2. The molecule has 1 N–H and O–H groups in total. The molecule has 7 heteroatoms. The largest absolute Gasteiger partial charge is 0.485 e. The molecule has 0 saturated carbocycles. The molecule has 1 amide bonds. The zero-order chi connectivity index (χ0) is 16.8. The van der Waals surface area contributed by atoms with E-state index in [1.807, 2.05) is 17.5 Å². The van der Waals surface area contributed by atoms with Crippen LogP contribution in [0.25, 0.3) is 0 Å². The van der Waals surface area contributed by atoms with E-state index >= 15 is 0 Å². The van der Waals surface area contributed by atoms with Crippen molar-refractivity contribution in [2.24, 2.45) is 0 Å². The second kappa shape index (κ2) is 7.90. The number of thiazole rings is 1. The van der Waals surface area contributed by atoms with Gasteiger partial charge in [-0.05, 0) is 30.3 Å². The van der Waals surface area contributed by atoms with Crippen LogP contribution in [0.3, 0.4) is 0 Å². The third kappa shape index (κ3) is 4.78. The second-order valence-electron chi connectivity index (χ2n) is 4.95. The minimum absolute atomic E-state index is 0.137. The molecule has 2 aromatic heterocycles. The van der Waals surface area contributed by atoms with Gasteiger partial charge in [-0.2, -0.15) is 0 Å². The average Bonchev–Trinajstić information content (AvgIpc) is 3.01. The van der Waals surface area contributed by atoms with Crippen LogP contribution in [0.1, 0.15) is 10.7 Å². The molecule has 0 aliphatic carbocycles. The summed E-state index contributed by atoms with van der Waals surface area (Å²) < 4.78 is 5.59. The van der Waals surface area contributed by atoms with Crippen LogP contribution in [0, 0.1) is 0 Å². The number of aromatic nitrogens is 2. The predicted molar refractivity (Wildman–Crippen MR) is 94.5 cm³/mol. The molecule has 0 spiro atoms. The maximum Gasteiger partial charge on any atom is 0.230 e. The number of hydrogen-bond acceptors (Lipinski definition) is 5. The molecule has 0 unspecified atom stereocenters. The van der Waals surface area contributed by atoms with E-state index in [2.05, 4.69) is 15.3 Å². The fraction of sp³-hybridized carbons (Fsp3) is 0.118. The van der Waals surface area contributed by atoms with E-state index in [0.717, 1.165) is 5.01 Å². The number of rotatable bonds is 6. The number of carbonyl (C=O) groups excluding carboxylic acids is 1. The summed E-state index contributed by atoms with van der Waals surface area (Å²) in [6, 6.07) is 10.7. The molecule has 122 valence electrons. The van der Waals surface area contributed by atoms with E-state index in [4.69, 9.17) is 16.3 Å². The molecule has 2 heterocycles. The van der Waals surface area contributed by atoms with Crippen molar-refractivity contribution in [1.82, 2.24) is 9.97 Å². The lowest BCUT2D eigenvalue weighted by molar-refractivity contribution is -0.115. The van der Waals surface area contributed by atoms with E-state index in [1.165, 1.54) is 11.3 Å². The summed E-state index contributed by atoms with van der Waals surface area (Å²) >= 11 is 7.36. The van der Waals surface area contributed by atoms with Gasteiger partial charge in [0.15, 0.2) is 0 Å². The second-order valence-corrected chi connectivity index (χ2v) is 6.32. The van der Waals surface area contributed by atoms with Crippen molar-refractivity contribution in [1.29, 1.82) is 0 Å². The van der Waals surface area contributed by atoms with Gasteiger partial charge in [0.1, 0.15) is 17.4 Å². The fourth-order valence-corrected chi connectivity index (χ4v) is 2.91. The molecule has 0 aliphatic rings. The summed E-state index contributed by atoms with van der Waals surface area (Å²) in [6.07, 6.45) is 3.54. The molecule has 3 rings (SSSR count). The van der Waals surface area contributed by atoms with Crippen LogP contribution in [-0.2, 0) is 17.8 Å². The molecular weight excluding hydrogens is 346 g/mol. The lowest BCUT2D eigenvalue weighted by Crippen LogP contribution is -2.14. The zero-order valence-electron chi connectivity index (χ0n) is 12.6. The normalized spacial score (nSPS) is 10.4. The molecule has 1 aromatic carbocycles. The van der Waals surface area contributed by atoms with Gasteiger partial charge in [-0.25, -0.2) is 4.98 Å². The van der Waals surface area contributed by atoms with Crippen molar-refractivity contribution >= 4 is 34.5 Å². The third-order valence-corrected chi connectivity index (χ3v) is 4.15. The number of carbonyl (C=O) groups is 1. The number of ether oxygens (including phenoxy) is 1. The van der Waals surface area contributed by atoms with Gasteiger partial charge in [0.2, 0.25) is 5.91 Å². The van der Waals surface area contributed by atoms with Crippen LogP contribution in [0.15, 0.2) is 54.2 Å². The number of nitrogens with one attached hydrogen (secondary N) is 1. The molecular formula is C17H14ClN3O2S. The standard InChI is InChI=1S/C17H14ClN3O2S/c18-12-3-1-4-13(7-12)20-16(22)8-14-11-24-17(21-14)10-23-15-5-2-6-19-9-15/h1-7,9,11H,8,10H2,(H,20,22). The summed E-state index contributed by atoms with van der Waals surface area (Å²) in [4.78, 5) is 20.4. The maximum absolute atomic E-state index is 12.1. The van der Waals surface area contributed by atoms with Crippen molar-refractivity contribution in [2.75, 3.05) is 5.32 Å². The molecule has 0 fully saturated rings. The Labute approximate surface area is 148 Å². The molecule has 24 heavy (non-hydrogen) atoms. The number of pyridine rings is 1. The highest BCUT2D eigenvalue weighted by atomic mass is 35.5. The maximum atomic E-state index is 12.1. The monoisotopic (exact) mass is 359 g/mol. The molecule has 0 saturated heterocycles. The average molecular weight is 360 g/mol. The van der Waals surface area contributed by atoms with E-state index in [9.17, 15) is 4.79 Å². The Morgan fingerprint density at radius 3 is 3.00 bits per heavy atom. The topological polar surface area (TPSA) is 64.1 Å². The van der Waals surface area contributed by atoms with Gasteiger partial charge >= 0.3 is 0 Å². The molecule has 3 aromatic rings. The number of amides is 1. The summed E-state index contributed by atoms with van der Waals surface area (Å²) in [5, 5.41) is 6.05. The van der Waals surface area contributed by atoms with Gasteiger partial charge < -0.3 is 10.1 Å². The number of hydrogen-bond donors (Lipinski definition) is 1. The highest BCUT2D eigenvalue weighted by molar-refractivity contribution is 7.09. The highest BCUT2D eigenvalue weighted by Crippen LogP contribution is 2.17. The van der Waals surface area contributed by atoms with Crippen molar-refractivity contribution in [2.45, 2.75) is 13.0 Å². The molecule has 0 radical (unpaired) electrons. The molecule has 0 bridgehead atoms. The van der Waals surface area contributed by atoms with Crippen molar-refractivity contribution in [3.8, 4) is 5.75 Å². The highest BCUT2D eigenvalue weighted by Gasteiger charge is 2.09. The van der Waals surface area contributed by atoms with Gasteiger partial charge in [0, 0.05) is 22.3 Å². The SMILES string of the molecule is O=C(Cc1csc(COc2cccnc2)n1)Nc1cccc(Cl)c1. The lowest BCUT2D eigenvalue weighted by Gasteiger charge is -2.04. The summed E-state index contributed by atoms with van der Waals surface area (Å²) in [5.41, 5.74) is 1.38. The summed E-state index contributed by atoms with van der Waals surface area (Å²) in [5.74, 6) is 0.551. The van der Waals surface area contributed by atoms with Gasteiger partial charge in [-0.3, -0.25) is 9.78 Å². The van der Waals surface area contributed by atoms with Gasteiger partial charge in [0.05, 0.1) is 18.3 Å². The predicted octanol–water partition coefficient (Wildman–Crippen LogP) is 3.95. The van der Waals surface area contributed by atoms with E-state index in [-0.39, 0.29) is 12.3 Å². The summed E-state index contributed by atoms with van der Waals surface area (Å²) in [6.45, 7) is 0.353. The quantitative estimate of drug-likeness (QED) is 0.723. The third-order valence-electron chi connectivity index (χ3n) is 3.05. The Morgan fingerprint density at radius 1 is 1.29 bits per heavy atom. The van der Waals surface area contributed by atoms with Crippen LogP contribution in [0.5, 0.6) is 5.75 Å². The number of anilines is 1. The first kappa shape index (κ1) is 16.4. The van der Waals surface area contributed by atoms with Crippen molar-refractivity contribution in [3.63, 3.8) is 0 Å². The Morgan fingerprint density at radius 2 is 2.21 bits per heavy atom. The van der Waals surface area contributed by atoms with Crippen molar-refractivity contribution < 1.29 is 9.53 Å². The zero-order valence-corrected chi connectivity index (χ0v) is 14.2. The minimum Gasteiger partial charge on any atom is -0.485 e. The van der Waals surface area contributed by atoms with Crippen LogP contribution < -0.4 is 10.1 Å². The Balaban J connectivity index is 1.53. The van der Waals surface area contributed by atoms with E-state index < -0.39 is 0 Å². The van der Waals surface area contributed by atoms with Crippen molar-refractivity contribution in [3.05, 3.63) is 69.9 Å². The Bertz CT molecular complexity index is 823. The minimum atomic E-state index is -0.137. The smallest absolute Gasteiger partial charge is 0.230 e. The van der Waals surface area contributed by atoms with Crippen LogP contribution in [0.2, 0.25) is 5.02 Å². The Kier molecular flexibility index (Phi) is 5.40. The van der Waals surface area contributed by atoms with Gasteiger partial charge in [-0.15, -0.1) is 11.3 Å². The first-order chi connectivity index (χ1) is 11.7. The van der Waals surface area contributed by atoms with Gasteiger partial charge in [-0.1, -0.05) is 17.7 Å². The van der Waals surface area contributed by atoms with Gasteiger partial charge in [0.25, 0.3) is 0 Å². The fourth-order valence-electron chi connectivity index (χ4n) is 2.01. The van der Waals surface area contributed by atoms with Crippen LogP contribution >= 0.6 is 22.9 Å². The molecule has 5 nitrogen and oxygen atoms in total. The van der Waals surface area contributed by atoms with E-state index in [1.54, 1.807) is 36.7 Å². The number of benzene rings is 1. The summed E-state index contributed by atoms with van der Waals surface area (Å²) in [7, 11) is 0. The van der Waals surface area contributed by atoms with Crippen LogP contribution in [-0.4, -0.2) is 15.9 Å². The molecule has 0 atom stereocenters. The van der Waals surface area contributed by atoms with E-state index in [0.29, 0.717) is 28.8 Å². The lowest BCUT2D eigenvalue weighted by atomic mass is 10.3. The molecule has 0 aliphatic heterocycles. The first-order valence-electron chi connectivity index (χ1n) is 7.20. The number of halogens is 1. The Hall–Kier alpha value is -2.44. The van der Waals surface area contributed by atoms with Crippen LogP contribution in [0.4, 0.5) is 5.69 Å².